The smallest absolute Gasteiger partial charge is 0.466 e. The third-order valence-corrected chi connectivity index (χ3v) is 9.61. The highest BCUT2D eigenvalue weighted by Crippen LogP contribution is 2.17. The van der Waals surface area contributed by atoms with Crippen LogP contribution in [0.25, 0.3) is 0 Å². The quantitative estimate of drug-likeness (QED) is 0.0363. The van der Waals surface area contributed by atoms with Gasteiger partial charge >= 0.3 is 18.1 Å². The minimum Gasteiger partial charge on any atom is -0.466 e. The Hall–Kier alpha value is -1.83. The topological polar surface area (TPSA) is 91.4 Å². The fourth-order valence-corrected chi connectivity index (χ4v) is 6.08. The Balaban J connectivity index is 4.21. The Morgan fingerprint density at radius 2 is 1.04 bits per heavy atom. The Morgan fingerprint density at radius 1 is 0.510 bits per heavy atom. The third-order valence-electron chi connectivity index (χ3n) is 9.61. The van der Waals surface area contributed by atoms with Gasteiger partial charge < -0.3 is 23.8 Å². The minimum atomic E-state index is -0.618. The molecule has 0 amide bonds. The van der Waals surface area contributed by atoms with E-state index in [0.717, 1.165) is 96.7 Å². The van der Waals surface area contributed by atoms with Crippen LogP contribution >= 0.6 is 0 Å². The number of ether oxygens (including phenoxy) is 4. The Kier molecular flexibility index (Phi) is 34.6. The number of hydrogen-bond donors (Lipinski definition) is 0. The van der Waals surface area contributed by atoms with Crippen LogP contribution in [-0.4, -0.2) is 68.6 Å². The molecule has 2 atom stereocenters. The fraction of sp³-hybridized carbons (Fsp3) is 0.927. The lowest BCUT2D eigenvalue weighted by Crippen LogP contribution is -2.26. The van der Waals surface area contributed by atoms with Crippen molar-refractivity contribution in [2.75, 3.05) is 39.5 Å². The summed E-state index contributed by atoms with van der Waals surface area (Å²) >= 11 is 0. The van der Waals surface area contributed by atoms with Crippen LogP contribution in [0, 0.1) is 5.92 Å². The van der Waals surface area contributed by atoms with E-state index in [9.17, 15) is 14.4 Å². The SMILES string of the molecule is CCCCCCCCCCCCC(CCOC(=O)CCCCCCCCC(=O)OCC(CC)CCCC)OC(=O)OCCCN(CC)CC. The summed E-state index contributed by atoms with van der Waals surface area (Å²) in [7, 11) is 0. The van der Waals surface area contributed by atoms with E-state index in [1.807, 2.05) is 0 Å². The molecular formula is C41H79NO7. The van der Waals surface area contributed by atoms with Crippen molar-refractivity contribution in [3.63, 3.8) is 0 Å². The van der Waals surface area contributed by atoms with Crippen molar-refractivity contribution in [1.82, 2.24) is 4.90 Å². The summed E-state index contributed by atoms with van der Waals surface area (Å²) in [6.07, 6.45) is 24.9. The second-order valence-electron chi connectivity index (χ2n) is 13.9. The van der Waals surface area contributed by atoms with Gasteiger partial charge in [-0.1, -0.05) is 137 Å². The molecule has 2 unspecified atom stereocenters. The predicted octanol–water partition coefficient (Wildman–Crippen LogP) is 11.4. The summed E-state index contributed by atoms with van der Waals surface area (Å²) in [5.74, 6) is 0.224. The van der Waals surface area contributed by atoms with Crippen molar-refractivity contribution in [2.24, 2.45) is 5.92 Å². The minimum absolute atomic E-state index is 0.0726. The molecule has 49 heavy (non-hydrogen) atoms. The number of esters is 2. The number of nitrogens with zero attached hydrogens (tertiary/aromatic N) is 1. The lowest BCUT2D eigenvalue weighted by molar-refractivity contribution is -0.146. The monoisotopic (exact) mass is 698 g/mol. The molecule has 290 valence electrons. The molecule has 0 N–H and O–H groups in total. The molecule has 0 aliphatic carbocycles. The van der Waals surface area contributed by atoms with E-state index >= 15 is 0 Å². The van der Waals surface area contributed by atoms with Crippen LogP contribution in [0.3, 0.4) is 0 Å². The van der Waals surface area contributed by atoms with Gasteiger partial charge in [-0.25, -0.2) is 4.79 Å². The first kappa shape index (κ1) is 47.2. The molecule has 0 saturated heterocycles. The van der Waals surface area contributed by atoms with Crippen molar-refractivity contribution < 1.29 is 33.3 Å². The maximum Gasteiger partial charge on any atom is 0.508 e. The van der Waals surface area contributed by atoms with Crippen LogP contribution in [0.1, 0.15) is 195 Å². The molecule has 0 heterocycles. The molecule has 0 aliphatic heterocycles. The van der Waals surface area contributed by atoms with E-state index in [-0.39, 0.29) is 24.6 Å². The van der Waals surface area contributed by atoms with Crippen molar-refractivity contribution in [3.8, 4) is 0 Å². The zero-order chi connectivity index (χ0) is 36.2. The molecule has 0 aromatic carbocycles. The van der Waals surface area contributed by atoms with Gasteiger partial charge in [-0.3, -0.25) is 9.59 Å². The van der Waals surface area contributed by atoms with Crippen molar-refractivity contribution in [1.29, 1.82) is 0 Å². The van der Waals surface area contributed by atoms with Crippen LogP contribution in [0.4, 0.5) is 4.79 Å². The van der Waals surface area contributed by atoms with Crippen LogP contribution in [-0.2, 0) is 28.5 Å². The zero-order valence-corrected chi connectivity index (χ0v) is 32.9. The molecule has 0 saturated carbocycles. The molecule has 0 aliphatic rings. The van der Waals surface area contributed by atoms with Crippen LogP contribution in [0.5, 0.6) is 0 Å². The molecule has 0 bridgehead atoms. The number of carbonyl (C=O) groups is 3. The van der Waals surface area contributed by atoms with Crippen LogP contribution in [0.15, 0.2) is 0 Å². The van der Waals surface area contributed by atoms with Gasteiger partial charge in [0.05, 0.1) is 19.8 Å². The zero-order valence-electron chi connectivity index (χ0n) is 32.9. The summed E-state index contributed by atoms with van der Waals surface area (Å²) in [6.45, 7) is 14.9. The summed E-state index contributed by atoms with van der Waals surface area (Å²) in [5.41, 5.74) is 0. The molecule has 0 fully saturated rings. The highest BCUT2D eigenvalue weighted by atomic mass is 16.7. The highest BCUT2D eigenvalue weighted by Gasteiger charge is 2.17. The van der Waals surface area contributed by atoms with Crippen molar-refractivity contribution in [2.45, 2.75) is 201 Å². The van der Waals surface area contributed by atoms with Gasteiger partial charge in [0.25, 0.3) is 0 Å². The van der Waals surface area contributed by atoms with Gasteiger partial charge in [0, 0.05) is 25.8 Å². The van der Waals surface area contributed by atoms with Gasteiger partial charge in [-0.05, 0) is 57.5 Å². The Morgan fingerprint density at radius 3 is 1.59 bits per heavy atom. The van der Waals surface area contributed by atoms with Crippen LogP contribution < -0.4 is 0 Å². The van der Waals surface area contributed by atoms with Gasteiger partial charge in [-0.2, -0.15) is 0 Å². The third kappa shape index (κ3) is 31.9. The fourth-order valence-electron chi connectivity index (χ4n) is 6.08. The Labute approximate surface area is 302 Å². The lowest BCUT2D eigenvalue weighted by Gasteiger charge is -2.19. The average molecular weight is 698 g/mol. The first-order valence-electron chi connectivity index (χ1n) is 20.8. The second-order valence-corrected chi connectivity index (χ2v) is 13.9. The number of carbonyl (C=O) groups excluding carboxylic acids is 3. The molecule has 0 radical (unpaired) electrons. The molecule has 0 spiro atoms. The molecule has 0 aromatic heterocycles. The average Bonchev–Trinajstić information content (AvgIpc) is 3.10. The number of hydrogen-bond acceptors (Lipinski definition) is 8. The molecular weight excluding hydrogens is 618 g/mol. The maximum absolute atomic E-state index is 12.4. The standard InChI is InChI=1S/C41H79NO7/c1-6-11-13-14-15-16-17-18-21-24-29-38(49-41(45)47-34-27-33-42(9-4)10-5)32-35-46-39(43)30-25-22-19-20-23-26-31-40(44)48-36-37(8-3)28-12-7-2/h37-38H,6-36H2,1-5H3. The first-order chi connectivity index (χ1) is 23.9. The Bertz CT molecular complexity index is 758. The van der Waals surface area contributed by atoms with Crippen LogP contribution in [0.2, 0.25) is 0 Å². The summed E-state index contributed by atoms with van der Waals surface area (Å²) < 4.78 is 22.1. The molecule has 0 rings (SSSR count). The van der Waals surface area contributed by atoms with Gasteiger partial charge in [-0.15, -0.1) is 0 Å². The lowest BCUT2D eigenvalue weighted by atomic mass is 10.0. The van der Waals surface area contributed by atoms with E-state index in [1.54, 1.807) is 0 Å². The predicted molar refractivity (Wildman–Crippen MR) is 202 cm³/mol. The van der Waals surface area contributed by atoms with Crippen molar-refractivity contribution in [3.05, 3.63) is 0 Å². The van der Waals surface area contributed by atoms with E-state index in [0.29, 0.717) is 38.4 Å². The molecule has 8 nitrogen and oxygen atoms in total. The second kappa shape index (κ2) is 36.0. The van der Waals surface area contributed by atoms with E-state index in [1.165, 1.54) is 64.2 Å². The number of rotatable bonds is 36. The molecule has 8 heteroatoms. The molecule has 0 aromatic rings. The summed E-state index contributed by atoms with van der Waals surface area (Å²) in [4.78, 5) is 39.1. The normalized spacial score (nSPS) is 12.5. The van der Waals surface area contributed by atoms with Gasteiger partial charge in [0.2, 0.25) is 0 Å². The summed E-state index contributed by atoms with van der Waals surface area (Å²) in [6, 6.07) is 0. The van der Waals surface area contributed by atoms with Gasteiger partial charge in [0.15, 0.2) is 0 Å². The van der Waals surface area contributed by atoms with Crippen molar-refractivity contribution >= 4 is 18.1 Å². The summed E-state index contributed by atoms with van der Waals surface area (Å²) in [5, 5.41) is 0. The highest BCUT2D eigenvalue weighted by molar-refractivity contribution is 5.69. The van der Waals surface area contributed by atoms with E-state index in [2.05, 4.69) is 39.5 Å². The largest absolute Gasteiger partial charge is 0.508 e. The first-order valence-corrected chi connectivity index (χ1v) is 20.8. The van der Waals surface area contributed by atoms with E-state index in [4.69, 9.17) is 18.9 Å². The number of unbranched alkanes of at least 4 members (excludes halogenated alkanes) is 15. The van der Waals surface area contributed by atoms with E-state index < -0.39 is 6.16 Å². The van der Waals surface area contributed by atoms with Gasteiger partial charge in [0.1, 0.15) is 6.10 Å². The maximum atomic E-state index is 12.4.